The first-order valence-electron chi connectivity index (χ1n) is 3.37. The summed E-state index contributed by atoms with van der Waals surface area (Å²) in [5.74, 6) is 0. The van der Waals surface area contributed by atoms with Crippen LogP contribution < -0.4 is 0 Å². The number of benzene rings is 1. The molecule has 0 saturated carbocycles. The van der Waals surface area contributed by atoms with Gasteiger partial charge in [-0.15, -0.1) is 0 Å². The molecule has 2 nitrogen and oxygen atoms in total. The van der Waals surface area contributed by atoms with Gasteiger partial charge in [-0.1, -0.05) is 6.07 Å². The highest BCUT2D eigenvalue weighted by Gasteiger charge is 1.94. The smallest absolute Gasteiger partial charge is 0.0992 e. The molecular formula is C9H8N2. The van der Waals surface area contributed by atoms with Gasteiger partial charge in [0, 0.05) is 13.1 Å². The van der Waals surface area contributed by atoms with Gasteiger partial charge in [-0.2, -0.15) is 5.26 Å². The van der Waals surface area contributed by atoms with Crippen LogP contribution in [-0.2, 0) is 0 Å². The van der Waals surface area contributed by atoms with Gasteiger partial charge < -0.3 is 4.98 Å². The monoisotopic (exact) mass is 144 g/mol. The molecule has 0 aliphatic rings. The van der Waals surface area contributed by atoms with Crippen molar-refractivity contribution < 1.29 is 1.43 Å². The maximum absolute atomic E-state index is 8.57. The van der Waals surface area contributed by atoms with Crippen molar-refractivity contribution in [1.82, 2.24) is 4.98 Å². The molecule has 0 aliphatic heterocycles. The van der Waals surface area contributed by atoms with Gasteiger partial charge in [0.2, 0.25) is 0 Å². The van der Waals surface area contributed by atoms with Crippen LogP contribution in [-0.4, -0.2) is 4.98 Å². The van der Waals surface area contributed by atoms with E-state index in [2.05, 4.69) is 11.1 Å². The number of nitrogens with zero attached hydrogens (tertiary/aromatic N) is 1. The molecule has 0 bridgehead atoms. The minimum atomic E-state index is 0. The number of aromatic amines is 1. The first-order chi connectivity index (χ1) is 5.40. The fourth-order valence-corrected chi connectivity index (χ4v) is 1.12. The van der Waals surface area contributed by atoms with Gasteiger partial charge in [-0.05, 0) is 23.6 Å². The molecule has 2 aromatic rings. The van der Waals surface area contributed by atoms with Gasteiger partial charge in [0.05, 0.1) is 11.6 Å². The third kappa shape index (κ3) is 0.870. The van der Waals surface area contributed by atoms with Crippen molar-refractivity contribution in [3.63, 3.8) is 0 Å². The summed E-state index contributed by atoms with van der Waals surface area (Å²) in [7, 11) is 0. The van der Waals surface area contributed by atoms with E-state index in [0.29, 0.717) is 5.56 Å². The van der Waals surface area contributed by atoms with Gasteiger partial charge in [0.15, 0.2) is 0 Å². The summed E-state index contributed by atoms with van der Waals surface area (Å²) in [4.78, 5) is 3.04. The Bertz CT molecular complexity index is 425. The third-order valence-corrected chi connectivity index (χ3v) is 1.68. The SMILES string of the molecule is N#Cc1ccc2cc[nH]c2c1.[HH]. The van der Waals surface area contributed by atoms with E-state index >= 15 is 0 Å². The number of fused-ring (bicyclic) bond motifs is 1. The Kier molecular flexibility index (Phi) is 1.16. The maximum Gasteiger partial charge on any atom is 0.0992 e. The Balaban J connectivity index is 0.000000720. The summed E-state index contributed by atoms with van der Waals surface area (Å²) in [6.07, 6.45) is 1.87. The number of nitriles is 1. The lowest BCUT2D eigenvalue weighted by molar-refractivity contribution is 1.46. The summed E-state index contributed by atoms with van der Waals surface area (Å²) >= 11 is 0. The van der Waals surface area contributed by atoms with Crippen LogP contribution >= 0.6 is 0 Å². The molecule has 0 fully saturated rings. The molecule has 0 amide bonds. The van der Waals surface area contributed by atoms with Crippen molar-refractivity contribution in [2.75, 3.05) is 0 Å². The molecule has 0 radical (unpaired) electrons. The predicted molar refractivity (Wildman–Crippen MR) is 45.1 cm³/mol. The second kappa shape index (κ2) is 2.14. The molecule has 54 valence electrons. The van der Waals surface area contributed by atoms with E-state index < -0.39 is 0 Å². The molecule has 11 heavy (non-hydrogen) atoms. The van der Waals surface area contributed by atoms with Gasteiger partial charge in [-0.3, -0.25) is 0 Å². The highest BCUT2D eigenvalue weighted by Crippen LogP contribution is 2.12. The minimum Gasteiger partial charge on any atom is -0.361 e. The highest BCUT2D eigenvalue weighted by atomic mass is 14.7. The second-order valence-corrected chi connectivity index (χ2v) is 2.39. The van der Waals surface area contributed by atoms with Crippen molar-refractivity contribution in [1.29, 1.82) is 5.26 Å². The van der Waals surface area contributed by atoms with E-state index in [0.717, 1.165) is 10.9 Å². The zero-order chi connectivity index (χ0) is 7.68. The number of hydrogen-bond donors (Lipinski definition) is 1. The summed E-state index contributed by atoms with van der Waals surface area (Å²) in [6, 6.07) is 9.66. The van der Waals surface area contributed by atoms with Crippen LogP contribution in [0, 0.1) is 11.3 Å². The van der Waals surface area contributed by atoms with Crippen molar-refractivity contribution in [3.05, 3.63) is 36.0 Å². The number of hydrogen-bond acceptors (Lipinski definition) is 1. The van der Waals surface area contributed by atoms with Crippen LogP contribution in [0.15, 0.2) is 30.5 Å². The maximum atomic E-state index is 8.57. The second-order valence-electron chi connectivity index (χ2n) is 2.39. The fourth-order valence-electron chi connectivity index (χ4n) is 1.12. The van der Waals surface area contributed by atoms with E-state index in [-0.39, 0.29) is 1.43 Å². The summed E-state index contributed by atoms with van der Waals surface area (Å²) in [5, 5.41) is 9.71. The lowest BCUT2D eigenvalue weighted by Crippen LogP contribution is -1.72. The lowest BCUT2D eigenvalue weighted by atomic mass is 10.2. The van der Waals surface area contributed by atoms with Crippen LogP contribution in [0.25, 0.3) is 10.9 Å². The van der Waals surface area contributed by atoms with Gasteiger partial charge in [0.1, 0.15) is 0 Å². The molecule has 1 aromatic carbocycles. The summed E-state index contributed by atoms with van der Waals surface area (Å²) in [6.45, 7) is 0. The first kappa shape index (κ1) is 5.99. The third-order valence-electron chi connectivity index (χ3n) is 1.68. The molecule has 2 heteroatoms. The van der Waals surface area contributed by atoms with Crippen molar-refractivity contribution in [2.24, 2.45) is 0 Å². The van der Waals surface area contributed by atoms with Crippen LogP contribution in [0.2, 0.25) is 0 Å². The van der Waals surface area contributed by atoms with E-state index in [1.54, 1.807) is 0 Å². The van der Waals surface area contributed by atoms with E-state index in [1.165, 1.54) is 0 Å². The standard InChI is InChI=1S/C9H6N2.H2/c10-6-7-1-2-8-3-4-11-9(8)5-7;/h1-5,11H;1H. The van der Waals surface area contributed by atoms with Crippen LogP contribution in [0.1, 0.15) is 6.99 Å². The van der Waals surface area contributed by atoms with Gasteiger partial charge in [-0.25, -0.2) is 0 Å². The van der Waals surface area contributed by atoms with Crippen LogP contribution in [0.3, 0.4) is 0 Å². The minimum absolute atomic E-state index is 0. The first-order valence-corrected chi connectivity index (χ1v) is 3.37. The Morgan fingerprint density at radius 3 is 3.09 bits per heavy atom. The molecule has 1 heterocycles. The fraction of sp³-hybridized carbons (Fsp3) is 0. The Labute approximate surface area is 65.6 Å². The molecule has 1 aromatic heterocycles. The molecule has 1 N–H and O–H groups in total. The zero-order valence-electron chi connectivity index (χ0n) is 5.83. The van der Waals surface area contributed by atoms with E-state index in [4.69, 9.17) is 5.26 Å². The van der Waals surface area contributed by atoms with Crippen molar-refractivity contribution in [2.45, 2.75) is 0 Å². The number of aromatic nitrogens is 1. The van der Waals surface area contributed by atoms with Crippen molar-refractivity contribution in [3.8, 4) is 6.07 Å². The Morgan fingerprint density at radius 1 is 1.36 bits per heavy atom. The summed E-state index contributed by atoms with van der Waals surface area (Å²) < 4.78 is 0. The Morgan fingerprint density at radius 2 is 2.27 bits per heavy atom. The molecule has 2 rings (SSSR count). The van der Waals surface area contributed by atoms with E-state index in [9.17, 15) is 0 Å². The topological polar surface area (TPSA) is 39.6 Å². The zero-order valence-corrected chi connectivity index (χ0v) is 5.83. The Hall–Kier alpha value is -1.75. The average molecular weight is 144 g/mol. The molecular weight excluding hydrogens is 136 g/mol. The molecule has 0 saturated heterocycles. The molecule has 0 atom stereocenters. The lowest BCUT2D eigenvalue weighted by Gasteiger charge is -1.88. The molecule has 0 aliphatic carbocycles. The van der Waals surface area contributed by atoms with Gasteiger partial charge >= 0.3 is 0 Å². The van der Waals surface area contributed by atoms with Gasteiger partial charge in [0.25, 0.3) is 0 Å². The van der Waals surface area contributed by atoms with Crippen LogP contribution in [0.5, 0.6) is 0 Å². The number of H-pyrrole nitrogens is 1. The van der Waals surface area contributed by atoms with Crippen LogP contribution in [0.4, 0.5) is 0 Å². The molecule has 0 spiro atoms. The number of rotatable bonds is 0. The largest absolute Gasteiger partial charge is 0.361 e. The number of nitrogens with one attached hydrogen (secondary N) is 1. The highest BCUT2D eigenvalue weighted by molar-refractivity contribution is 5.80. The summed E-state index contributed by atoms with van der Waals surface area (Å²) in [5.41, 5.74) is 1.71. The quantitative estimate of drug-likeness (QED) is 0.605. The predicted octanol–water partition coefficient (Wildman–Crippen LogP) is 2.29. The molecule has 0 unspecified atom stereocenters. The average Bonchev–Trinajstić information content (AvgIpc) is 2.50. The van der Waals surface area contributed by atoms with Crippen molar-refractivity contribution >= 4 is 10.9 Å². The normalized spacial score (nSPS) is 9.73. The van der Waals surface area contributed by atoms with E-state index in [1.807, 2.05) is 30.5 Å².